The molecule has 1 aromatic carbocycles. The van der Waals surface area contributed by atoms with E-state index in [-0.39, 0.29) is 38.8 Å². The molecule has 0 bridgehead atoms. The molecule has 0 unspecified atom stereocenters. The molecule has 1 aliphatic heterocycles. The van der Waals surface area contributed by atoms with E-state index < -0.39 is 42.7 Å². The molecule has 2 amide bonds. The summed E-state index contributed by atoms with van der Waals surface area (Å²) in [5.74, 6) is -1.82. The second kappa shape index (κ2) is 10.4. The zero-order valence-electron chi connectivity index (χ0n) is 20.3. The molecule has 1 aliphatic rings. The van der Waals surface area contributed by atoms with E-state index in [9.17, 15) is 22.8 Å². The Labute approximate surface area is 225 Å². The molecule has 0 saturated carbocycles. The summed E-state index contributed by atoms with van der Waals surface area (Å²) < 4.78 is 51.9. The summed E-state index contributed by atoms with van der Waals surface area (Å²) in [6.45, 7) is 3.72. The molecule has 1 fully saturated rings. The first-order chi connectivity index (χ1) is 17.8. The Balaban J connectivity index is 1.76. The number of halogens is 5. The molecule has 2 aromatic heterocycles. The van der Waals surface area contributed by atoms with Gasteiger partial charge in [0.2, 0.25) is 5.88 Å². The highest BCUT2D eigenvalue weighted by molar-refractivity contribution is 6.32. The normalized spacial score (nSPS) is 14.7. The van der Waals surface area contributed by atoms with Crippen molar-refractivity contribution >= 4 is 40.7 Å². The monoisotopic (exact) mass is 571 g/mol. The Kier molecular flexibility index (Phi) is 7.60. The van der Waals surface area contributed by atoms with Crippen molar-refractivity contribution in [3.8, 4) is 11.7 Å². The molecule has 0 atom stereocenters. The van der Waals surface area contributed by atoms with Crippen LogP contribution in [0.4, 0.5) is 18.9 Å². The highest BCUT2D eigenvalue weighted by Gasteiger charge is 2.63. The van der Waals surface area contributed by atoms with Crippen LogP contribution in [0.5, 0.6) is 5.88 Å². The first-order valence-corrected chi connectivity index (χ1v) is 12.0. The van der Waals surface area contributed by atoms with Crippen LogP contribution in [0.25, 0.3) is 5.82 Å². The second-order valence-corrected chi connectivity index (χ2v) is 9.75. The Morgan fingerprint density at radius 3 is 2.47 bits per heavy atom. The highest BCUT2D eigenvalue weighted by Crippen LogP contribution is 2.40. The molecule has 38 heavy (non-hydrogen) atoms. The molecule has 0 spiro atoms. The zero-order valence-corrected chi connectivity index (χ0v) is 21.8. The number of aryl methyl sites for hydroxylation is 1. The van der Waals surface area contributed by atoms with Crippen molar-refractivity contribution in [1.29, 1.82) is 0 Å². The Hall–Kier alpha value is -3.35. The van der Waals surface area contributed by atoms with E-state index in [1.165, 1.54) is 24.4 Å². The van der Waals surface area contributed by atoms with Gasteiger partial charge in [0.1, 0.15) is 5.69 Å². The quantitative estimate of drug-likeness (QED) is 0.414. The number of anilines is 1. The van der Waals surface area contributed by atoms with Gasteiger partial charge >= 0.3 is 6.18 Å². The molecule has 4 rings (SSSR count). The molecule has 0 radical (unpaired) electrons. The van der Waals surface area contributed by atoms with Crippen molar-refractivity contribution in [2.24, 2.45) is 0 Å². The fraction of sp³-hybridized carbons (Fsp3) is 0.333. The molecule has 202 valence electrons. The number of nitrogens with zero attached hydrogens (tertiary/aromatic N) is 3. The van der Waals surface area contributed by atoms with E-state index in [1.807, 2.05) is 0 Å². The van der Waals surface area contributed by atoms with Gasteiger partial charge in [-0.3, -0.25) is 9.59 Å². The Morgan fingerprint density at radius 1 is 1.18 bits per heavy atom. The highest BCUT2D eigenvalue weighted by atomic mass is 35.5. The van der Waals surface area contributed by atoms with Gasteiger partial charge in [-0.25, -0.2) is 9.67 Å². The van der Waals surface area contributed by atoms with Gasteiger partial charge in [0, 0.05) is 23.3 Å². The lowest BCUT2D eigenvalue weighted by Gasteiger charge is -2.41. The number of alkyl halides is 3. The fourth-order valence-electron chi connectivity index (χ4n) is 3.64. The van der Waals surface area contributed by atoms with Gasteiger partial charge in [0.15, 0.2) is 5.82 Å². The Bertz CT molecular complexity index is 1390. The van der Waals surface area contributed by atoms with Crippen molar-refractivity contribution < 1.29 is 32.2 Å². The summed E-state index contributed by atoms with van der Waals surface area (Å²) >= 11 is 12.4. The molecule has 9 nitrogen and oxygen atoms in total. The number of ether oxygens (including phenoxy) is 2. The number of pyridine rings is 1. The van der Waals surface area contributed by atoms with E-state index in [0.29, 0.717) is 5.56 Å². The number of carbonyl (C=O) groups is 2. The maximum absolute atomic E-state index is 13.7. The van der Waals surface area contributed by atoms with Crippen LogP contribution >= 0.6 is 23.2 Å². The number of amides is 2. The van der Waals surface area contributed by atoms with Crippen LogP contribution in [0.2, 0.25) is 10.0 Å². The maximum atomic E-state index is 13.7. The van der Waals surface area contributed by atoms with Crippen molar-refractivity contribution in [2.75, 3.05) is 18.5 Å². The molecule has 0 aliphatic carbocycles. The topological polar surface area (TPSA) is 107 Å². The third kappa shape index (κ3) is 5.42. The predicted molar refractivity (Wildman–Crippen MR) is 133 cm³/mol. The van der Waals surface area contributed by atoms with Crippen LogP contribution in [-0.4, -0.2) is 57.6 Å². The van der Waals surface area contributed by atoms with Gasteiger partial charge in [-0.05, 0) is 50.6 Å². The zero-order chi connectivity index (χ0) is 27.8. The second-order valence-electron chi connectivity index (χ2n) is 8.90. The summed E-state index contributed by atoms with van der Waals surface area (Å²) in [5.41, 5.74) is -2.14. The number of benzene rings is 1. The van der Waals surface area contributed by atoms with Crippen LogP contribution in [0.3, 0.4) is 0 Å². The number of nitrogens with one attached hydrogen (secondary N) is 2. The SMILES string of the molecule is Cc1cc(Cl)cc(C(=O)NC(C)C)c1NC(=O)c1cc(OC2(C(F)(F)F)COC2)nn1-c1ncccc1Cl. The maximum Gasteiger partial charge on any atom is 0.432 e. The minimum Gasteiger partial charge on any atom is -0.455 e. The largest absolute Gasteiger partial charge is 0.455 e. The number of hydrogen-bond donors (Lipinski definition) is 2. The van der Waals surface area contributed by atoms with E-state index in [0.717, 1.165) is 10.7 Å². The average Bonchev–Trinajstić information content (AvgIpc) is 3.20. The summed E-state index contributed by atoms with van der Waals surface area (Å²) in [5, 5.41) is 9.78. The van der Waals surface area contributed by atoms with Crippen LogP contribution in [0.1, 0.15) is 40.3 Å². The average molecular weight is 572 g/mol. The molecular formula is C24H22Cl2F3N5O4. The van der Waals surface area contributed by atoms with E-state index in [1.54, 1.807) is 26.8 Å². The molecule has 14 heteroatoms. The molecule has 2 N–H and O–H groups in total. The minimum absolute atomic E-state index is 0.0225. The Morgan fingerprint density at radius 2 is 1.89 bits per heavy atom. The first-order valence-electron chi connectivity index (χ1n) is 11.3. The number of rotatable bonds is 7. The lowest BCUT2D eigenvalue weighted by molar-refractivity contribution is -0.323. The van der Waals surface area contributed by atoms with E-state index in [2.05, 4.69) is 20.7 Å². The molecular weight excluding hydrogens is 550 g/mol. The number of hydrogen-bond acceptors (Lipinski definition) is 6. The molecule has 3 heterocycles. The summed E-state index contributed by atoms with van der Waals surface area (Å²) in [6, 6.07) is 6.79. The van der Waals surface area contributed by atoms with Crippen LogP contribution in [-0.2, 0) is 4.74 Å². The van der Waals surface area contributed by atoms with Crippen molar-refractivity contribution in [2.45, 2.75) is 38.6 Å². The van der Waals surface area contributed by atoms with Crippen molar-refractivity contribution in [3.63, 3.8) is 0 Å². The smallest absolute Gasteiger partial charge is 0.432 e. The van der Waals surface area contributed by atoms with Gasteiger partial charge in [0.25, 0.3) is 17.4 Å². The van der Waals surface area contributed by atoms with Crippen LogP contribution < -0.4 is 15.4 Å². The number of aromatic nitrogens is 3. The predicted octanol–water partition coefficient (Wildman–Crippen LogP) is 4.98. The molecule has 3 aromatic rings. The fourth-order valence-corrected chi connectivity index (χ4v) is 4.11. The van der Waals surface area contributed by atoms with Crippen LogP contribution in [0, 0.1) is 6.92 Å². The summed E-state index contributed by atoms with van der Waals surface area (Å²) in [7, 11) is 0. The lowest BCUT2D eigenvalue weighted by atomic mass is 10.0. The minimum atomic E-state index is -4.75. The van der Waals surface area contributed by atoms with Gasteiger partial charge < -0.3 is 20.1 Å². The van der Waals surface area contributed by atoms with Gasteiger partial charge in [0.05, 0.1) is 29.5 Å². The van der Waals surface area contributed by atoms with Crippen molar-refractivity contribution in [1.82, 2.24) is 20.1 Å². The summed E-state index contributed by atoms with van der Waals surface area (Å²) in [6.07, 6.45) is -3.38. The van der Waals surface area contributed by atoms with Gasteiger partial charge in [-0.2, -0.15) is 13.2 Å². The third-order valence-corrected chi connectivity index (χ3v) is 6.06. The lowest BCUT2D eigenvalue weighted by Crippen LogP contribution is -2.64. The first kappa shape index (κ1) is 27.7. The summed E-state index contributed by atoms with van der Waals surface area (Å²) in [4.78, 5) is 30.4. The molecule has 1 saturated heterocycles. The van der Waals surface area contributed by atoms with E-state index in [4.69, 9.17) is 32.7 Å². The van der Waals surface area contributed by atoms with E-state index >= 15 is 0 Å². The third-order valence-electron chi connectivity index (χ3n) is 5.55. The van der Waals surface area contributed by atoms with Crippen molar-refractivity contribution in [3.05, 3.63) is 63.4 Å². The standard InChI is InChI=1S/C24H22Cl2F3N5O4/c1-12(2)31-21(35)15-8-14(25)7-13(3)19(15)32-22(36)17-9-18(38-23(10-37-11-23)24(27,28)29)33-34(17)20-16(26)5-4-6-30-20/h4-9,12H,10-11H2,1-3H3,(H,31,35)(H,32,36). The number of carbonyl (C=O) groups excluding carboxylic acids is 2. The van der Waals surface area contributed by atoms with Gasteiger partial charge in [-0.1, -0.05) is 23.2 Å². The van der Waals surface area contributed by atoms with Crippen LogP contribution in [0.15, 0.2) is 36.5 Å². The van der Waals surface area contributed by atoms with Gasteiger partial charge in [-0.15, -0.1) is 5.10 Å².